The van der Waals surface area contributed by atoms with Crippen LogP contribution < -0.4 is 5.32 Å². The standard InChI is InChI=1S/C29H28FN5O3/c30-23-11-9-21(10-12-23)13-15-34(29(38)26-19-33-14-5-4-8-27(33)32-26)18-25-16-24(17-35(25)20-36)31-28(37)22-6-2-1-3-7-22/h1-12,14,19-20,24-25H,13,15-18H2,(H,31,37). The second-order valence-electron chi connectivity index (χ2n) is 9.45. The molecule has 1 N–H and O–H groups in total. The molecular weight excluding hydrogens is 485 g/mol. The summed E-state index contributed by atoms with van der Waals surface area (Å²) in [7, 11) is 0. The molecule has 38 heavy (non-hydrogen) atoms. The van der Waals surface area contributed by atoms with Crippen molar-refractivity contribution in [3.8, 4) is 0 Å². The van der Waals surface area contributed by atoms with E-state index in [1.807, 2.05) is 30.5 Å². The molecule has 2 aromatic carbocycles. The predicted molar refractivity (Wildman–Crippen MR) is 140 cm³/mol. The van der Waals surface area contributed by atoms with Gasteiger partial charge in [-0.3, -0.25) is 14.4 Å². The molecule has 0 aliphatic carbocycles. The van der Waals surface area contributed by atoms with Crippen molar-refractivity contribution in [1.82, 2.24) is 24.5 Å². The van der Waals surface area contributed by atoms with Gasteiger partial charge in [-0.2, -0.15) is 0 Å². The van der Waals surface area contributed by atoms with Crippen LogP contribution in [0.5, 0.6) is 0 Å². The molecule has 3 heterocycles. The van der Waals surface area contributed by atoms with Gasteiger partial charge >= 0.3 is 0 Å². The summed E-state index contributed by atoms with van der Waals surface area (Å²) >= 11 is 0. The molecule has 2 unspecified atom stereocenters. The van der Waals surface area contributed by atoms with Crippen LogP contribution >= 0.6 is 0 Å². The van der Waals surface area contributed by atoms with Crippen molar-refractivity contribution >= 4 is 23.9 Å². The number of carbonyl (C=O) groups excluding carboxylic acids is 3. The quantitative estimate of drug-likeness (QED) is 0.349. The van der Waals surface area contributed by atoms with Gasteiger partial charge in [-0.05, 0) is 54.8 Å². The van der Waals surface area contributed by atoms with Crippen molar-refractivity contribution in [3.63, 3.8) is 0 Å². The average molecular weight is 514 g/mol. The SMILES string of the molecule is O=CN1CC(NC(=O)c2ccccc2)CC1CN(CCc1ccc(F)cc1)C(=O)c1cn2ccccc2n1. The Morgan fingerprint density at radius 3 is 2.55 bits per heavy atom. The van der Waals surface area contributed by atoms with E-state index in [4.69, 9.17) is 0 Å². The van der Waals surface area contributed by atoms with Crippen LogP contribution in [0.15, 0.2) is 85.2 Å². The van der Waals surface area contributed by atoms with E-state index in [0.29, 0.717) is 42.8 Å². The molecule has 1 aliphatic heterocycles. The van der Waals surface area contributed by atoms with Crippen molar-refractivity contribution in [1.29, 1.82) is 0 Å². The van der Waals surface area contributed by atoms with E-state index in [9.17, 15) is 18.8 Å². The lowest BCUT2D eigenvalue weighted by molar-refractivity contribution is -0.119. The fraction of sp³-hybridized carbons (Fsp3) is 0.241. The second-order valence-corrected chi connectivity index (χ2v) is 9.45. The molecule has 1 fully saturated rings. The number of fused-ring (bicyclic) bond motifs is 1. The van der Waals surface area contributed by atoms with Crippen LogP contribution in [0.2, 0.25) is 0 Å². The summed E-state index contributed by atoms with van der Waals surface area (Å²) in [6.07, 6.45) is 5.32. The first-order chi connectivity index (χ1) is 18.5. The van der Waals surface area contributed by atoms with Gasteiger partial charge in [0, 0.05) is 43.6 Å². The molecule has 5 rings (SSSR count). The van der Waals surface area contributed by atoms with E-state index in [-0.39, 0.29) is 36.3 Å². The van der Waals surface area contributed by atoms with Gasteiger partial charge in [0.1, 0.15) is 17.2 Å². The Balaban J connectivity index is 1.32. The smallest absolute Gasteiger partial charge is 0.274 e. The lowest BCUT2D eigenvalue weighted by atomic mass is 10.1. The highest BCUT2D eigenvalue weighted by Crippen LogP contribution is 2.20. The molecule has 194 valence electrons. The highest BCUT2D eigenvalue weighted by atomic mass is 19.1. The van der Waals surface area contributed by atoms with Gasteiger partial charge in [-0.25, -0.2) is 9.37 Å². The summed E-state index contributed by atoms with van der Waals surface area (Å²) < 4.78 is 15.2. The van der Waals surface area contributed by atoms with Gasteiger partial charge in [0.2, 0.25) is 6.41 Å². The number of halogens is 1. The summed E-state index contributed by atoms with van der Waals surface area (Å²) in [5, 5.41) is 3.01. The first-order valence-electron chi connectivity index (χ1n) is 12.5. The third-order valence-corrected chi connectivity index (χ3v) is 6.85. The zero-order valence-corrected chi connectivity index (χ0v) is 20.7. The van der Waals surface area contributed by atoms with Crippen molar-refractivity contribution in [3.05, 3.63) is 108 Å². The van der Waals surface area contributed by atoms with Gasteiger partial charge in [0.05, 0.1) is 6.04 Å². The first-order valence-corrected chi connectivity index (χ1v) is 12.5. The van der Waals surface area contributed by atoms with E-state index in [2.05, 4.69) is 10.3 Å². The number of carbonyl (C=O) groups is 3. The number of likely N-dealkylation sites (tertiary alicyclic amines) is 1. The van der Waals surface area contributed by atoms with Crippen molar-refractivity contribution in [2.24, 2.45) is 0 Å². The van der Waals surface area contributed by atoms with Gasteiger partial charge in [-0.1, -0.05) is 36.4 Å². The summed E-state index contributed by atoms with van der Waals surface area (Å²) in [5.41, 5.74) is 2.41. The first kappa shape index (κ1) is 25.1. The number of nitrogens with one attached hydrogen (secondary N) is 1. The van der Waals surface area contributed by atoms with Crippen LogP contribution in [0, 0.1) is 5.82 Å². The maximum atomic E-state index is 13.6. The van der Waals surface area contributed by atoms with Gasteiger partial charge in [0.25, 0.3) is 11.8 Å². The Bertz CT molecular complexity index is 1390. The molecule has 2 aromatic heterocycles. The number of imidazole rings is 1. The number of hydrogen-bond acceptors (Lipinski definition) is 4. The topological polar surface area (TPSA) is 87.0 Å². The van der Waals surface area contributed by atoms with Gasteiger partial charge < -0.3 is 19.5 Å². The minimum Gasteiger partial charge on any atom is -0.347 e. The third kappa shape index (κ3) is 5.72. The maximum absolute atomic E-state index is 13.6. The van der Waals surface area contributed by atoms with E-state index >= 15 is 0 Å². The fourth-order valence-electron chi connectivity index (χ4n) is 4.86. The van der Waals surface area contributed by atoms with Crippen molar-refractivity contribution < 1.29 is 18.8 Å². The van der Waals surface area contributed by atoms with Crippen LogP contribution in [0.25, 0.3) is 5.65 Å². The van der Waals surface area contributed by atoms with E-state index < -0.39 is 0 Å². The second kappa shape index (κ2) is 11.2. The fourth-order valence-corrected chi connectivity index (χ4v) is 4.86. The molecule has 0 spiro atoms. The average Bonchev–Trinajstić information content (AvgIpc) is 3.55. The highest BCUT2D eigenvalue weighted by Gasteiger charge is 2.35. The monoisotopic (exact) mass is 513 g/mol. The van der Waals surface area contributed by atoms with E-state index in [1.54, 1.807) is 56.8 Å². The summed E-state index contributed by atoms with van der Waals surface area (Å²) in [4.78, 5) is 46.0. The molecule has 8 nitrogen and oxygen atoms in total. The van der Waals surface area contributed by atoms with E-state index in [1.165, 1.54) is 12.1 Å². The Hall–Kier alpha value is -4.53. The molecule has 4 aromatic rings. The van der Waals surface area contributed by atoms with Crippen molar-refractivity contribution in [2.75, 3.05) is 19.6 Å². The summed E-state index contributed by atoms with van der Waals surface area (Å²) in [6, 6.07) is 20.1. The van der Waals surface area contributed by atoms with E-state index in [0.717, 1.165) is 12.0 Å². The normalized spacial score (nSPS) is 16.9. The molecule has 0 saturated carbocycles. The third-order valence-electron chi connectivity index (χ3n) is 6.85. The lowest BCUT2D eigenvalue weighted by Gasteiger charge is -2.28. The summed E-state index contributed by atoms with van der Waals surface area (Å²) in [6.45, 7) is 1.01. The maximum Gasteiger partial charge on any atom is 0.274 e. The van der Waals surface area contributed by atoms with Crippen LogP contribution in [-0.4, -0.2) is 69.1 Å². The minimum atomic E-state index is -0.317. The molecular formula is C29H28FN5O3. The number of aromatic nitrogens is 2. The zero-order valence-electron chi connectivity index (χ0n) is 20.7. The molecule has 0 bridgehead atoms. The molecule has 1 saturated heterocycles. The molecule has 3 amide bonds. The molecule has 2 atom stereocenters. The van der Waals surface area contributed by atoms with Gasteiger partial charge in [-0.15, -0.1) is 0 Å². The molecule has 1 aliphatic rings. The molecule has 9 heteroatoms. The lowest BCUT2D eigenvalue weighted by Crippen LogP contribution is -2.43. The van der Waals surface area contributed by atoms with Crippen LogP contribution in [0.1, 0.15) is 32.8 Å². The molecule has 0 radical (unpaired) electrons. The van der Waals surface area contributed by atoms with Crippen molar-refractivity contribution in [2.45, 2.75) is 24.9 Å². The largest absolute Gasteiger partial charge is 0.347 e. The summed E-state index contributed by atoms with van der Waals surface area (Å²) in [5.74, 6) is -0.767. The van der Waals surface area contributed by atoms with Crippen LogP contribution in [0.4, 0.5) is 4.39 Å². The number of amides is 3. The number of hydrogen-bond donors (Lipinski definition) is 1. The Kier molecular flexibility index (Phi) is 7.44. The van der Waals surface area contributed by atoms with Crippen LogP contribution in [0.3, 0.4) is 0 Å². The number of pyridine rings is 1. The number of rotatable bonds is 9. The Morgan fingerprint density at radius 1 is 1.05 bits per heavy atom. The van der Waals surface area contributed by atoms with Gasteiger partial charge in [0.15, 0.2) is 0 Å². The Morgan fingerprint density at radius 2 is 1.82 bits per heavy atom. The number of benzene rings is 2. The zero-order chi connectivity index (χ0) is 26.5. The predicted octanol–water partition coefficient (Wildman–Crippen LogP) is 3.19. The van der Waals surface area contributed by atoms with Crippen LogP contribution in [-0.2, 0) is 11.2 Å². The number of nitrogens with zero attached hydrogens (tertiary/aromatic N) is 4. The Labute approximate surface area is 219 Å². The highest BCUT2D eigenvalue weighted by molar-refractivity contribution is 5.94. The minimum absolute atomic E-state index is 0.198.